The summed E-state index contributed by atoms with van der Waals surface area (Å²) in [6.45, 7) is 6.23. The molecule has 1 aromatic rings. The molecule has 0 fully saturated rings. The molecule has 19 heavy (non-hydrogen) atoms. The van der Waals surface area contributed by atoms with Crippen LogP contribution in [0.3, 0.4) is 0 Å². The van der Waals surface area contributed by atoms with E-state index in [-0.39, 0.29) is 24.0 Å². The summed E-state index contributed by atoms with van der Waals surface area (Å²) in [5.74, 6) is 0.948. The van der Waals surface area contributed by atoms with Crippen LogP contribution in [-0.4, -0.2) is 32.2 Å². The summed E-state index contributed by atoms with van der Waals surface area (Å²) in [7, 11) is 3.30. The van der Waals surface area contributed by atoms with E-state index in [1.54, 1.807) is 14.2 Å². The van der Waals surface area contributed by atoms with Crippen molar-refractivity contribution in [1.29, 1.82) is 0 Å². The molecule has 4 heteroatoms. The Morgan fingerprint density at radius 3 is 2.47 bits per heavy atom. The number of benzene rings is 1. The number of methoxy groups -OCH3 is 2. The van der Waals surface area contributed by atoms with Gasteiger partial charge in [0.25, 0.3) is 0 Å². The SMILES string of the molecule is COC(OC)C(C)NC1c2ccccc2OC1(C)C. The minimum atomic E-state index is -0.288. The van der Waals surface area contributed by atoms with Crippen LogP contribution in [0.15, 0.2) is 24.3 Å². The molecule has 1 aliphatic rings. The molecule has 0 radical (unpaired) electrons. The molecule has 0 amide bonds. The van der Waals surface area contributed by atoms with E-state index < -0.39 is 0 Å². The smallest absolute Gasteiger partial charge is 0.171 e. The summed E-state index contributed by atoms with van der Waals surface area (Å²) < 4.78 is 16.6. The zero-order valence-electron chi connectivity index (χ0n) is 12.3. The summed E-state index contributed by atoms with van der Waals surface area (Å²) >= 11 is 0. The van der Waals surface area contributed by atoms with Crippen molar-refractivity contribution in [3.8, 4) is 5.75 Å². The van der Waals surface area contributed by atoms with Gasteiger partial charge in [0.2, 0.25) is 0 Å². The van der Waals surface area contributed by atoms with E-state index in [0.29, 0.717) is 0 Å². The largest absolute Gasteiger partial charge is 0.486 e. The van der Waals surface area contributed by atoms with Crippen molar-refractivity contribution in [3.05, 3.63) is 29.8 Å². The first kappa shape index (κ1) is 14.3. The van der Waals surface area contributed by atoms with Crippen LogP contribution >= 0.6 is 0 Å². The van der Waals surface area contributed by atoms with Crippen molar-refractivity contribution in [1.82, 2.24) is 5.32 Å². The van der Waals surface area contributed by atoms with E-state index in [1.807, 2.05) is 18.2 Å². The monoisotopic (exact) mass is 265 g/mol. The van der Waals surface area contributed by atoms with Crippen molar-refractivity contribution in [2.24, 2.45) is 0 Å². The second-order valence-electron chi connectivity index (χ2n) is 5.47. The van der Waals surface area contributed by atoms with Gasteiger partial charge >= 0.3 is 0 Å². The van der Waals surface area contributed by atoms with Crippen LogP contribution in [0.1, 0.15) is 32.4 Å². The predicted octanol–water partition coefficient (Wildman–Crippen LogP) is 2.50. The van der Waals surface area contributed by atoms with Crippen LogP contribution in [0.4, 0.5) is 0 Å². The number of para-hydroxylation sites is 1. The Hall–Kier alpha value is -1.10. The summed E-state index contributed by atoms with van der Waals surface area (Å²) in [6, 6.07) is 8.32. The number of fused-ring (bicyclic) bond motifs is 1. The number of ether oxygens (including phenoxy) is 3. The summed E-state index contributed by atoms with van der Waals surface area (Å²) in [5, 5.41) is 3.55. The van der Waals surface area contributed by atoms with Gasteiger partial charge < -0.3 is 14.2 Å². The second-order valence-corrected chi connectivity index (χ2v) is 5.47. The van der Waals surface area contributed by atoms with Gasteiger partial charge in [0.15, 0.2) is 6.29 Å². The second kappa shape index (κ2) is 5.49. The van der Waals surface area contributed by atoms with E-state index in [0.717, 1.165) is 5.75 Å². The lowest BCUT2D eigenvalue weighted by Crippen LogP contribution is -2.47. The molecule has 0 bridgehead atoms. The lowest BCUT2D eigenvalue weighted by molar-refractivity contribution is -0.123. The molecule has 1 N–H and O–H groups in total. The minimum absolute atomic E-state index is 0.0639. The zero-order chi connectivity index (χ0) is 14.0. The Morgan fingerprint density at radius 1 is 1.21 bits per heavy atom. The van der Waals surface area contributed by atoms with Crippen LogP contribution in [0.5, 0.6) is 5.75 Å². The highest BCUT2D eigenvalue weighted by Gasteiger charge is 2.42. The molecular formula is C15H23NO3. The van der Waals surface area contributed by atoms with Gasteiger partial charge in [-0.05, 0) is 26.8 Å². The zero-order valence-corrected chi connectivity index (χ0v) is 12.3. The first-order chi connectivity index (χ1) is 8.99. The third-order valence-corrected chi connectivity index (χ3v) is 3.60. The van der Waals surface area contributed by atoms with Gasteiger partial charge in [0, 0.05) is 19.8 Å². The molecule has 2 atom stereocenters. The average molecular weight is 265 g/mol. The maximum atomic E-state index is 6.01. The summed E-state index contributed by atoms with van der Waals surface area (Å²) in [4.78, 5) is 0. The molecule has 1 aliphatic heterocycles. The number of hydrogen-bond acceptors (Lipinski definition) is 4. The molecule has 106 valence electrons. The fraction of sp³-hybridized carbons (Fsp3) is 0.600. The van der Waals surface area contributed by atoms with Gasteiger partial charge in [-0.15, -0.1) is 0 Å². The summed E-state index contributed by atoms with van der Waals surface area (Å²) in [5.41, 5.74) is 0.898. The quantitative estimate of drug-likeness (QED) is 0.830. The topological polar surface area (TPSA) is 39.7 Å². The Kier molecular flexibility index (Phi) is 4.13. The van der Waals surface area contributed by atoms with E-state index in [2.05, 4.69) is 32.2 Å². The Balaban J connectivity index is 2.19. The standard InChI is InChI=1S/C15H23NO3/c1-10(14(17-4)18-5)16-13-11-8-6-7-9-12(11)19-15(13,2)3/h6-10,13-14,16H,1-5H3. The van der Waals surface area contributed by atoms with Gasteiger partial charge in [-0.3, -0.25) is 5.32 Å². The number of hydrogen-bond donors (Lipinski definition) is 1. The molecule has 0 aromatic heterocycles. The predicted molar refractivity (Wildman–Crippen MR) is 74.3 cm³/mol. The fourth-order valence-electron chi connectivity index (χ4n) is 2.67. The summed E-state index contributed by atoms with van der Waals surface area (Å²) in [6.07, 6.45) is -0.274. The molecule has 2 unspecified atom stereocenters. The van der Waals surface area contributed by atoms with Gasteiger partial charge in [-0.2, -0.15) is 0 Å². The maximum absolute atomic E-state index is 6.01. The third-order valence-electron chi connectivity index (χ3n) is 3.60. The van der Waals surface area contributed by atoms with Gasteiger partial charge in [-0.1, -0.05) is 18.2 Å². The number of rotatable bonds is 5. The molecular weight excluding hydrogens is 242 g/mol. The Morgan fingerprint density at radius 2 is 1.84 bits per heavy atom. The van der Waals surface area contributed by atoms with Gasteiger partial charge in [0.05, 0.1) is 12.1 Å². The van der Waals surface area contributed by atoms with Crippen molar-refractivity contribution in [2.45, 2.75) is 44.7 Å². The van der Waals surface area contributed by atoms with Crippen molar-refractivity contribution in [2.75, 3.05) is 14.2 Å². The highest BCUT2D eigenvalue weighted by Crippen LogP contribution is 2.42. The van der Waals surface area contributed by atoms with Crippen LogP contribution in [-0.2, 0) is 9.47 Å². The average Bonchev–Trinajstić information content (AvgIpc) is 2.62. The van der Waals surface area contributed by atoms with Crippen molar-refractivity contribution >= 4 is 0 Å². The van der Waals surface area contributed by atoms with Crippen molar-refractivity contribution in [3.63, 3.8) is 0 Å². The van der Waals surface area contributed by atoms with Gasteiger partial charge in [-0.25, -0.2) is 0 Å². The number of nitrogens with one attached hydrogen (secondary N) is 1. The molecule has 0 aliphatic carbocycles. The Labute approximate surface area is 115 Å². The molecule has 0 spiro atoms. The fourth-order valence-corrected chi connectivity index (χ4v) is 2.67. The molecule has 1 heterocycles. The molecule has 0 saturated carbocycles. The third kappa shape index (κ3) is 2.76. The lowest BCUT2D eigenvalue weighted by Gasteiger charge is -2.32. The van der Waals surface area contributed by atoms with E-state index >= 15 is 0 Å². The normalized spacial score (nSPS) is 22.1. The van der Waals surface area contributed by atoms with E-state index in [9.17, 15) is 0 Å². The minimum Gasteiger partial charge on any atom is -0.486 e. The van der Waals surface area contributed by atoms with Crippen molar-refractivity contribution < 1.29 is 14.2 Å². The van der Waals surface area contributed by atoms with Gasteiger partial charge in [0.1, 0.15) is 11.4 Å². The van der Waals surface area contributed by atoms with Crippen LogP contribution in [0.2, 0.25) is 0 Å². The highest BCUT2D eigenvalue weighted by molar-refractivity contribution is 5.42. The van der Waals surface area contributed by atoms with Crippen LogP contribution in [0.25, 0.3) is 0 Å². The van der Waals surface area contributed by atoms with E-state index in [1.165, 1.54) is 5.56 Å². The molecule has 2 rings (SSSR count). The molecule has 4 nitrogen and oxygen atoms in total. The first-order valence-corrected chi connectivity index (χ1v) is 6.59. The van der Waals surface area contributed by atoms with Crippen LogP contribution in [0, 0.1) is 0 Å². The first-order valence-electron chi connectivity index (χ1n) is 6.59. The molecule has 0 saturated heterocycles. The van der Waals surface area contributed by atoms with Crippen LogP contribution < -0.4 is 10.1 Å². The lowest BCUT2D eigenvalue weighted by atomic mass is 9.94. The maximum Gasteiger partial charge on any atom is 0.171 e. The molecule has 1 aromatic carbocycles. The Bertz CT molecular complexity index is 429. The highest BCUT2D eigenvalue weighted by atomic mass is 16.7. The van der Waals surface area contributed by atoms with E-state index in [4.69, 9.17) is 14.2 Å².